The van der Waals surface area contributed by atoms with Gasteiger partial charge in [-0.15, -0.1) is 10.2 Å². The van der Waals surface area contributed by atoms with Crippen molar-refractivity contribution in [3.63, 3.8) is 0 Å². The predicted octanol–water partition coefficient (Wildman–Crippen LogP) is 5.65. The lowest BCUT2D eigenvalue weighted by Gasteiger charge is -2.09. The fraction of sp³-hybridized carbons (Fsp3) is 0. The first-order valence-corrected chi connectivity index (χ1v) is 10.8. The minimum atomic E-state index is -4.46. The maximum atomic E-state index is 11.8. The molecule has 0 atom stereocenters. The van der Waals surface area contributed by atoms with E-state index < -0.39 is 10.1 Å². The van der Waals surface area contributed by atoms with E-state index >= 15 is 0 Å². The molecule has 0 saturated carbocycles. The van der Waals surface area contributed by atoms with Gasteiger partial charge in [-0.05, 0) is 29.8 Å². The summed E-state index contributed by atoms with van der Waals surface area (Å²) in [6.45, 7) is 0. The molecule has 1 aromatic heterocycles. The summed E-state index contributed by atoms with van der Waals surface area (Å²) in [4.78, 5) is 4.06. The molecule has 4 aromatic rings. The van der Waals surface area contributed by atoms with E-state index in [0.29, 0.717) is 16.5 Å². The second-order valence-electron chi connectivity index (χ2n) is 6.71. The Kier molecular flexibility index (Phi) is 5.57. The molecule has 0 aliphatic carbocycles. The molecule has 3 aromatic carbocycles. The summed E-state index contributed by atoms with van der Waals surface area (Å²) in [6, 6.07) is 21.2. The number of benzene rings is 3. The second-order valence-corrected chi connectivity index (χ2v) is 8.10. The number of hydrogen-bond donors (Lipinski definition) is 2. The van der Waals surface area contributed by atoms with Gasteiger partial charge in [0.05, 0.1) is 17.6 Å². The van der Waals surface area contributed by atoms with E-state index in [1.54, 1.807) is 42.6 Å². The fourth-order valence-electron chi connectivity index (χ4n) is 3.06. The van der Waals surface area contributed by atoms with Crippen molar-refractivity contribution < 1.29 is 13.0 Å². The van der Waals surface area contributed by atoms with Crippen molar-refractivity contribution in [2.75, 3.05) is 5.73 Å². The van der Waals surface area contributed by atoms with Crippen molar-refractivity contribution in [3.8, 4) is 0 Å². The molecule has 0 aliphatic rings. The molecule has 0 saturated heterocycles. The number of rotatable bonds is 5. The van der Waals surface area contributed by atoms with Gasteiger partial charge in [-0.25, -0.2) is 0 Å². The van der Waals surface area contributed by atoms with Gasteiger partial charge < -0.3 is 5.73 Å². The van der Waals surface area contributed by atoms with Crippen LogP contribution in [0.3, 0.4) is 0 Å². The average Bonchev–Trinajstić information content (AvgIpc) is 2.78. The van der Waals surface area contributed by atoms with Crippen LogP contribution in [-0.2, 0) is 10.1 Å². The number of nitrogens with two attached hydrogens (primary N) is 1. The fourth-order valence-corrected chi connectivity index (χ4v) is 3.78. The summed E-state index contributed by atoms with van der Waals surface area (Å²) in [6.07, 6.45) is 5.39. The number of nitrogens with zero attached hydrogens (tertiary/aromatic N) is 3. The summed E-state index contributed by atoms with van der Waals surface area (Å²) in [5.41, 5.74) is 8.85. The summed E-state index contributed by atoms with van der Waals surface area (Å²) < 4.78 is 33.2. The molecule has 4 rings (SSSR count). The third-order valence-corrected chi connectivity index (χ3v) is 5.49. The number of aromatic nitrogens is 1. The van der Waals surface area contributed by atoms with Crippen LogP contribution in [0.1, 0.15) is 11.3 Å². The summed E-state index contributed by atoms with van der Waals surface area (Å²) in [5.74, 6) is 0. The van der Waals surface area contributed by atoms with Crippen molar-refractivity contribution >= 4 is 50.1 Å². The van der Waals surface area contributed by atoms with Crippen LogP contribution in [-0.4, -0.2) is 18.0 Å². The highest BCUT2D eigenvalue weighted by Crippen LogP contribution is 2.36. The largest absolute Gasteiger partial charge is 0.396 e. The lowest BCUT2D eigenvalue weighted by molar-refractivity contribution is 0.484. The van der Waals surface area contributed by atoms with Crippen molar-refractivity contribution in [2.45, 2.75) is 4.90 Å². The Morgan fingerprint density at radius 1 is 0.871 bits per heavy atom. The summed E-state index contributed by atoms with van der Waals surface area (Å²) >= 11 is 0. The highest BCUT2D eigenvalue weighted by Gasteiger charge is 2.18. The molecule has 0 aliphatic heterocycles. The van der Waals surface area contributed by atoms with Gasteiger partial charge in [-0.1, -0.05) is 60.7 Å². The van der Waals surface area contributed by atoms with E-state index in [-0.39, 0.29) is 16.3 Å². The van der Waals surface area contributed by atoms with Crippen LogP contribution in [0.4, 0.5) is 17.1 Å². The van der Waals surface area contributed by atoms with Crippen molar-refractivity contribution in [1.82, 2.24) is 4.98 Å². The van der Waals surface area contributed by atoms with Crippen LogP contribution in [0.5, 0.6) is 0 Å². The highest BCUT2D eigenvalue weighted by atomic mass is 32.2. The van der Waals surface area contributed by atoms with Crippen molar-refractivity contribution in [3.05, 3.63) is 90.3 Å². The van der Waals surface area contributed by atoms with E-state index in [2.05, 4.69) is 15.2 Å². The minimum absolute atomic E-state index is 0.138. The van der Waals surface area contributed by atoms with Gasteiger partial charge in [0.1, 0.15) is 16.3 Å². The molecule has 7 nitrogen and oxygen atoms in total. The molecule has 8 heteroatoms. The normalized spacial score (nSPS) is 12.2. The molecule has 154 valence electrons. The molecule has 31 heavy (non-hydrogen) atoms. The Morgan fingerprint density at radius 2 is 1.58 bits per heavy atom. The zero-order valence-corrected chi connectivity index (χ0v) is 17.1. The van der Waals surface area contributed by atoms with E-state index in [9.17, 15) is 13.0 Å². The van der Waals surface area contributed by atoms with Gasteiger partial charge in [0.15, 0.2) is 0 Å². The lowest BCUT2D eigenvalue weighted by atomic mass is 10.1. The molecule has 0 bridgehead atoms. The Hall–Kier alpha value is -3.88. The average molecular weight is 430 g/mol. The van der Waals surface area contributed by atoms with E-state index in [4.69, 9.17) is 5.73 Å². The number of hydrogen-bond acceptors (Lipinski definition) is 6. The second kappa shape index (κ2) is 8.47. The Labute approximate surface area is 179 Å². The molecule has 3 N–H and O–H groups in total. The Bertz CT molecular complexity index is 1400. The van der Waals surface area contributed by atoms with Gasteiger partial charge in [-0.3, -0.25) is 9.54 Å². The van der Waals surface area contributed by atoms with Gasteiger partial charge in [0.2, 0.25) is 0 Å². The van der Waals surface area contributed by atoms with Crippen LogP contribution in [0.2, 0.25) is 0 Å². The maximum Gasteiger partial charge on any atom is 0.295 e. The van der Waals surface area contributed by atoms with Crippen molar-refractivity contribution in [2.24, 2.45) is 10.2 Å². The van der Waals surface area contributed by atoms with E-state index in [1.807, 2.05) is 42.5 Å². The minimum Gasteiger partial charge on any atom is -0.396 e. The van der Waals surface area contributed by atoms with Crippen LogP contribution in [0, 0.1) is 0 Å². The lowest BCUT2D eigenvalue weighted by Crippen LogP contribution is -2.01. The topological polar surface area (TPSA) is 118 Å². The molecule has 0 fully saturated rings. The van der Waals surface area contributed by atoms with Gasteiger partial charge in [-0.2, -0.15) is 8.42 Å². The molecule has 0 spiro atoms. The van der Waals surface area contributed by atoms with E-state index in [1.165, 1.54) is 6.07 Å². The van der Waals surface area contributed by atoms with Gasteiger partial charge in [0.25, 0.3) is 10.1 Å². The number of azo groups is 1. The summed E-state index contributed by atoms with van der Waals surface area (Å²) in [5, 5.41) is 8.98. The molecule has 0 unspecified atom stereocenters. The highest BCUT2D eigenvalue weighted by molar-refractivity contribution is 7.86. The maximum absolute atomic E-state index is 11.8. The van der Waals surface area contributed by atoms with E-state index in [0.717, 1.165) is 11.3 Å². The first kappa shape index (κ1) is 20.4. The van der Waals surface area contributed by atoms with Crippen LogP contribution in [0.25, 0.3) is 22.9 Å². The first-order valence-electron chi connectivity index (χ1n) is 9.31. The van der Waals surface area contributed by atoms with Crippen molar-refractivity contribution in [1.29, 1.82) is 0 Å². The molecular weight excluding hydrogens is 412 g/mol. The number of pyridine rings is 1. The SMILES string of the molecule is Nc1c(N=Nc2ccc(C=Cc3ccccc3)nc2)cc(S(=O)(=O)O)c2ccccc12. The molecular formula is C23H18N4O3S. The van der Waals surface area contributed by atoms with Crippen LogP contribution in [0.15, 0.2) is 94.1 Å². The van der Waals surface area contributed by atoms with Crippen LogP contribution >= 0.6 is 0 Å². The third-order valence-electron chi connectivity index (χ3n) is 4.59. The first-order chi connectivity index (χ1) is 14.9. The Balaban J connectivity index is 1.63. The number of fused-ring (bicyclic) bond motifs is 1. The smallest absolute Gasteiger partial charge is 0.295 e. The monoisotopic (exact) mass is 430 g/mol. The number of anilines is 1. The molecule has 0 radical (unpaired) electrons. The Morgan fingerprint density at radius 3 is 2.26 bits per heavy atom. The summed E-state index contributed by atoms with van der Waals surface area (Å²) in [7, 11) is -4.46. The zero-order chi connectivity index (χ0) is 21.8. The molecule has 0 amide bonds. The standard InChI is InChI=1S/C23H18N4O3S/c24-23-20-9-5-4-8-19(20)22(31(28,29)30)14-21(23)27-26-18-13-12-17(25-15-18)11-10-16-6-2-1-3-7-16/h1-15H,24H2,(H,28,29,30). The van der Waals surface area contributed by atoms with Gasteiger partial charge >= 0.3 is 0 Å². The molecule has 1 heterocycles. The number of nitrogen functional groups attached to an aromatic ring is 1. The van der Waals surface area contributed by atoms with Gasteiger partial charge in [0, 0.05) is 10.8 Å². The third kappa shape index (κ3) is 4.66. The quantitative estimate of drug-likeness (QED) is 0.241. The van der Waals surface area contributed by atoms with Crippen LogP contribution < -0.4 is 5.73 Å². The zero-order valence-electron chi connectivity index (χ0n) is 16.3. The predicted molar refractivity (Wildman–Crippen MR) is 122 cm³/mol.